The van der Waals surface area contributed by atoms with Crippen LogP contribution in [0.4, 0.5) is 0 Å². The summed E-state index contributed by atoms with van der Waals surface area (Å²) in [6, 6.07) is -0.412. The van der Waals surface area contributed by atoms with Crippen LogP contribution in [0.15, 0.2) is 0 Å². The van der Waals surface area contributed by atoms with Crippen molar-refractivity contribution in [1.29, 1.82) is 0 Å². The van der Waals surface area contributed by atoms with Crippen molar-refractivity contribution in [3.8, 4) is 0 Å². The molecule has 0 aliphatic carbocycles. The van der Waals surface area contributed by atoms with E-state index in [1.54, 1.807) is 4.90 Å². The fourth-order valence-corrected chi connectivity index (χ4v) is 2.53. The largest absolute Gasteiger partial charge is 0.467 e. The molecule has 2 aliphatic rings. The molecular weight excluding hydrogens is 222 g/mol. The summed E-state index contributed by atoms with van der Waals surface area (Å²) in [5, 5.41) is 0. The van der Waals surface area contributed by atoms with Gasteiger partial charge in [-0.1, -0.05) is 0 Å². The van der Waals surface area contributed by atoms with Gasteiger partial charge in [0, 0.05) is 13.2 Å². The lowest BCUT2D eigenvalue weighted by molar-refractivity contribution is -0.158. The summed E-state index contributed by atoms with van der Waals surface area (Å²) in [7, 11) is 1.37. The van der Waals surface area contributed by atoms with Crippen molar-refractivity contribution >= 4 is 11.9 Å². The van der Waals surface area contributed by atoms with Crippen molar-refractivity contribution in [2.75, 3.05) is 20.3 Å². The third-order valence-corrected chi connectivity index (χ3v) is 3.46. The summed E-state index contributed by atoms with van der Waals surface area (Å²) in [5.41, 5.74) is 0. The van der Waals surface area contributed by atoms with E-state index in [4.69, 9.17) is 9.47 Å². The second kappa shape index (κ2) is 5.49. The molecule has 1 unspecified atom stereocenters. The lowest BCUT2D eigenvalue weighted by Crippen LogP contribution is -2.51. The number of ether oxygens (including phenoxy) is 2. The number of amides is 1. The second-order valence-corrected chi connectivity index (χ2v) is 4.57. The number of rotatable bonds is 2. The van der Waals surface area contributed by atoms with Crippen molar-refractivity contribution in [1.82, 2.24) is 4.90 Å². The highest BCUT2D eigenvalue weighted by Gasteiger charge is 2.37. The minimum absolute atomic E-state index is 0.0439. The Balaban J connectivity index is 2.04. The molecule has 0 aromatic heterocycles. The van der Waals surface area contributed by atoms with Crippen LogP contribution in [0.1, 0.15) is 32.1 Å². The third-order valence-electron chi connectivity index (χ3n) is 3.46. The summed E-state index contributed by atoms with van der Waals surface area (Å²) in [6.07, 6.45) is 3.96. The molecule has 0 aromatic carbocycles. The summed E-state index contributed by atoms with van der Waals surface area (Å²) in [5.74, 6) is -0.353. The zero-order valence-corrected chi connectivity index (χ0v) is 10.2. The van der Waals surface area contributed by atoms with Crippen molar-refractivity contribution < 1.29 is 19.1 Å². The summed E-state index contributed by atoms with van der Waals surface area (Å²) >= 11 is 0. The number of methoxy groups -OCH3 is 1. The van der Waals surface area contributed by atoms with Gasteiger partial charge in [-0.15, -0.1) is 0 Å². The Kier molecular flexibility index (Phi) is 3.99. The maximum absolute atomic E-state index is 12.2. The molecular formula is C12H19NO4. The maximum Gasteiger partial charge on any atom is 0.328 e. The average molecular weight is 241 g/mol. The van der Waals surface area contributed by atoms with Crippen LogP contribution in [0.25, 0.3) is 0 Å². The van der Waals surface area contributed by atoms with Crippen molar-refractivity contribution in [3.05, 3.63) is 0 Å². The first-order valence-corrected chi connectivity index (χ1v) is 6.24. The van der Waals surface area contributed by atoms with Crippen molar-refractivity contribution in [2.45, 2.75) is 44.2 Å². The zero-order valence-electron chi connectivity index (χ0n) is 10.2. The molecule has 0 aromatic rings. The molecule has 2 heterocycles. The number of nitrogens with zero attached hydrogens (tertiary/aromatic N) is 1. The fourth-order valence-electron chi connectivity index (χ4n) is 2.53. The lowest BCUT2D eigenvalue weighted by atomic mass is 10.0. The Morgan fingerprint density at radius 3 is 2.71 bits per heavy atom. The average Bonchev–Trinajstić information content (AvgIpc) is 2.91. The normalized spacial score (nSPS) is 29.1. The van der Waals surface area contributed by atoms with E-state index in [-0.39, 0.29) is 18.0 Å². The van der Waals surface area contributed by atoms with Gasteiger partial charge in [-0.3, -0.25) is 4.79 Å². The molecule has 2 fully saturated rings. The van der Waals surface area contributed by atoms with Crippen LogP contribution < -0.4 is 0 Å². The number of piperidine rings is 1. The molecule has 2 atom stereocenters. The van der Waals surface area contributed by atoms with E-state index in [0.29, 0.717) is 19.6 Å². The lowest BCUT2D eigenvalue weighted by Gasteiger charge is -2.35. The van der Waals surface area contributed by atoms with Gasteiger partial charge in [0.15, 0.2) is 0 Å². The first-order chi connectivity index (χ1) is 8.24. The molecule has 1 amide bonds. The number of hydrogen-bond donors (Lipinski definition) is 0. The Bertz CT molecular complexity index is 299. The molecule has 5 nitrogen and oxygen atoms in total. The fraction of sp³-hybridized carbons (Fsp3) is 0.833. The van der Waals surface area contributed by atoms with E-state index in [1.165, 1.54) is 7.11 Å². The van der Waals surface area contributed by atoms with Gasteiger partial charge in [-0.2, -0.15) is 0 Å². The predicted molar refractivity (Wildman–Crippen MR) is 60.3 cm³/mol. The smallest absolute Gasteiger partial charge is 0.328 e. The van der Waals surface area contributed by atoms with E-state index in [0.717, 1.165) is 25.7 Å². The Morgan fingerprint density at radius 2 is 2.06 bits per heavy atom. The standard InChI is InChI=1S/C12H19NO4/c1-16-12(15)9-5-2-3-7-13(9)11(14)10-6-4-8-17-10/h9-10H,2-8H2,1H3/t9-,10?/m1/s1. The minimum atomic E-state index is -0.412. The monoisotopic (exact) mass is 241 g/mol. The predicted octanol–water partition coefficient (Wildman–Crippen LogP) is 0.719. The highest BCUT2D eigenvalue weighted by atomic mass is 16.5. The topological polar surface area (TPSA) is 55.8 Å². The number of likely N-dealkylation sites (tertiary alicyclic amines) is 1. The van der Waals surface area contributed by atoms with E-state index >= 15 is 0 Å². The van der Waals surface area contributed by atoms with E-state index in [1.807, 2.05) is 0 Å². The highest BCUT2D eigenvalue weighted by Crippen LogP contribution is 2.22. The number of carbonyl (C=O) groups excluding carboxylic acids is 2. The van der Waals surface area contributed by atoms with Gasteiger partial charge in [0.25, 0.3) is 5.91 Å². The summed E-state index contributed by atoms with van der Waals surface area (Å²) in [4.78, 5) is 25.5. The number of esters is 1. The molecule has 0 saturated carbocycles. The molecule has 0 radical (unpaired) electrons. The molecule has 2 rings (SSSR count). The van der Waals surface area contributed by atoms with E-state index < -0.39 is 6.04 Å². The maximum atomic E-state index is 12.2. The van der Waals surface area contributed by atoms with Crippen LogP contribution in [0.2, 0.25) is 0 Å². The summed E-state index contributed by atoms with van der Waals surface area (Å²) < 4.78 is 10.1. The van der Waals surface area contributed by atoms with Gasteiger partial charge in [-0.05, 0) is 32.1 Å². The Hall–Kier alpha value is -1.10. The van der Waals surface area contributed by atoms with Crippen LogP contribution in [0.5, 0.6) is 0 Å². The Labute approximate surface area is 101 Å². The van der Waals surface area contributed by atoms with Gasteiger partial charge < -0.3 is 14.4 Å². The van der Waals surface area contributed by atoms with Crippen LogP contribution in [-0.2, 0) is 19.1 Å². The molecule has 5 heteroatoms. The third kappa shape index (κ3) is 2.60. The van der Waals surface area contributed by atoms with Crippen LogP contribution in [-0.4, -0.2) is 49.2 Å². The van der Waals surface area contributed by atoms with Crippen molar-refractivity contribution in [3.63, 3.8) is 0 Å². The first-order valence-electron chi connectivity index (χ1n) is 6.24. The molecule has 96 valence electrons. The minimum Gasteiger partial charge on any atom is -0.467 e. The van der Waals surface area contributed by atoms with Gasteiger partial charge in [-0.25, -0.2) is 4.79 Å². The van der Waals surface area contributed by atoms with E-state index in [9.17, 15) is 9.59 Å². The zero-order chi connectivity index (χ0) is 12.3. The van der Waals surface area contributed by atoms with Crippen LogP contribution >= 0.6 is 0 Å². The number of hydrogen-bond acceptors (Lipinski definition) is 4. The van der Waals surface area contributed by atoms with Gasteiger partial charge >= 0.3 is 5.97 Å². The van der Waals surface area contributed by atoms with Crippen LogP contribution in [0, 0.1) is 0 Å². The second-order valence-electron chi connectivity index (χ2n) is 4.57. The molecule has 0 bridgehead atoms. The summed E-state index contributed by atoms with van der Waals surface area (Å²) in [6.45, 7) is 1.28. The molecule has 0 spiro atoms. The molecule has 17 heavy (non-hydrogen) atoms. The highest BCUT2D eigenvalue weighted by molar-refractivity contribution is 5.87. The van der Waals surface area contributed by atoms with Crippen LogP contribution in [0.3, 0.4) is 0 Å². The van der Waals surface area contributed by atoms with Gasteiger partial charge in [0.05, 0.1) is 7.11 Å². The molecule has 0 N–H and O–H groups in total. The van der Waals surface area contributed by atoms with E-state index in [2.05, 4.69) is 0 Å². The molecule has 2 saturated heterocycles. The van der Waals surface area contributed by atoms with Gasteiger partial charge in [0.1, 0.15) is 12.1 Å². The SMILES string of the molecule is COC(=O)[C@H]1CCCCN1C(=O)C1CCCO1. The molecule has 2 aliphatic heterocycles. The Morgan fingerprint density at radius 1 is 1.24 bits per heavy atom. The van der Waals surface area contributed by atoms with Crippen molar-refractivity contribution in [2.24, 2.45) is 0 Å². The quantitative estimate of drug-likeness (QED) is 0.668. The number of carbonyl (C=O) groups is 2. The first kappa shape index (κ1) is 12.4. The van der Waals surface area contributed by atoms with Gasteiger partial charge in [0.2, 0.25) is 0 Å².